The summed E-state index contributed by atoms with van der Waals surface area (Å²) in [5.41, 5.74) is 4.31. The second-order valence-electron chi connectivity index (χ2n) is 5.39. The largest absolute Gasteiger partial charge is 0.381 e. The molecule has 2 rings (SSSR count). The molecule has 0 aliphatic carbocycles. The second-order valence-corrected chi connectivity index (χ2v) is 5.39. The van der Waals surface area contributed by atoms with Crippen LogP contribution in [0.4, 0.5) is 5.69 Å². The van der Waals surface area contributed by atoms with Crippen LogP contribution < -0.4 is 5.32 Å². The Morgan fingerprint density at radius 3 is 2.40 bits per heavy atom. The fraction of sp³-hybridized carbons (Fsp3) is 0.278. The molecule has 0 aliphatic rings. The first-order valence-electron chi connectivity index (χ1n) is 7.00. The molecule has 2 aromatic rings. The minimum Gasteiger partial charge on any atom is -0.381 e. The first-order valence-corrected chi connectivity index (χ1v) is 7.00. The van der Waals surface area contributed by atoms with Crippen LogP contribution in [0.15, 0.2) is 48.5 Å². The average molecular weight is 267 g/mol. The van der Waals surface area contributed by atoms with Gasteiger partial charge >= 0.3 is 0 Å². The van der Waals surface area contributed by atoms with Crippen molar-refractivity contribution in [1.29, 1.82) is 0 Å². The molecular formula is C18H21NO. The van der Waals surface area contributed by atoms with Crippen molar-refractivity contribution in [2.45, 2.75) is 33.2 Å². The number of carbonyl (C=O) groups is 1. The molecule has 0 heterocycles. The number of ketones is 1. The van der Waals surface area contributed by atoms with E-state index in [9.17, 15) is 4.79 Å². The van der Waals surface area contributed by atoms with Crippen molar-refractivity contribution < 1.29 is 4.79 Å². The molecule has 0 spiro atoms. The SMILES string of the molecule is CC(=O)c1cccc(NCc2ccc(C(C)C)cc2)c1. The fourth-order valence-corrected chi connectivity index (χ4v) is 2.07. The molecule has 0 saturated heterocycles. The average Bonchev–Trinajstić information content (AvgIpc) is 2.46. The summed E-state index contributed by atoms with van der Waals surface area (Å²) < 4.78 is 0. The molecule has 104 valence electrons. The molecule has 0 amide bonds. The lowest BCUT2D eigenvalue weighted by Gasteiger charge is -2.09. The van der Waals surface area contributed by atoms with Crippen LogP contribution in [0.25, 0.3) is 0 Å². The predicted molar refractivity (Wildman–Crippen MR) is 84.3 cm³/mol. The van der Waals surface area contributed by atoms with Gasteiger partial charge in [0.25, 0.3) is 0 Å². The first kappa shape index (κ1) is 14.3. The van der Waals surface area contributed by atoms with Gasteiger partial charge in [-0.05, 0) is 36.1 Å². The van der Waals surface area contributed by atoms with Gasteiger partial charge in [-0.3, -0.25) is 4.79 Å². The van der Waals surface area contributed by atoms with Gasteiger partial charge in [-0.2, -0.15) is 0 Å². The number of rotatable bonds is 5. The van der Waals surface area contributed by atoms with Crippen LogP contribution in [0, 0.1) is 0 Å². The number of nitrogens with one attached hydrogen (secondary N) is 1. The molecule has 0 radical (unpaired) electrons. The molecule has 0 atom stereocenters. The highest BCUT2D eigenvalue weighted by Gasteiger charge is 2.01. The smallest absolute Gasteiger partial charge is 0.159 e. The van der Waals surface area contributed by atoms with Gasteiger partial charge in [-0.15, -0.1) is 0 Å². The molecule has 0 aliphatic heterocycles. The third-order valence-corrected chi connectivity index (χ3v) is 3.41. The van der Waals surface area contributed by atoms with E-state index in [4.69, 9.17) is 0 Å². The topological polar surface area (TPSA) is 29.1 Å². The van der Waals surface area contributed by atoms with Gasteiger partial charge in [0.1, 0.15) is 0 Å². The van der Waals surface area contributed by atoms with E-state index >= 15 is 0 Å². The van der Waals surface area contributed by atoms with E-state index in [-0.39, 0.29) is 5.78 Å². The Morgan fingerprint density at radius 2 is 1.80 bits per heavy atom. The van der Waals surface area contributed by atoms with E-state index in [1.165, 1.54) is 11.1 Å². The first-order chi connectivity index (χ1) is 9.56. The highest BCUT2D eigenvalue weighted by atomic mass is 16.1. The third kappa shape index (κ3) is 3.70. The van der Waals surface area contributed by atoms with Crippen LogP contribution in [0.5, 0.6) is 0 Å². The third-order valence-electron chi connectivity index (χ3n) is 3.41. The summed E-state index contributed by atoms with van der Waals surface area (Å²) in [5.74, 6) is 0.652. The van der Waals surface area contributed by atoms with E-state index in [0.29, 0.717) is 5.92 Å². The van der Waals surface area contributed by atoms with E-state index in [0.717, 1.165) is 17.8 Å². The highest BCUT2D eigenvalue weighted by molar-refractivity contribution is 5.94. The monoisotopic (exact) mass is 267 g/mol. The molecule has 0 fully saturated rings. The van der Waals surface area contributed by atoms with Gasteiger partial charge in [-0.1, -0.05) is 50.2 Å². The van der Waals surface area contributed by atoms with E-state index in [2.05, 4.69) is 43.4 Å². The molecule has 2 heteroatoms. The van der Waals surface area contributed by atoms with Crippen LogP contribution in [0.1, 0.15) is 48.2 Å². The van der Waals surface area contributed by atoms with Gasteiger partial charge in [0.05, 0.1) is 0 Å². The minimum atomic E-state index is 0.0925. The van der Waals surface area contributed by atoms with Crippen molar-refractivity contribution in [2.75, 3.05) is 5.32 Å². The van der Waals surface area contributed by atoms with Gasteiger partial charge in [0.15, 0.2) is 5.78 Å². The Balaban J connectivity index is 2.01. The summed E-state index contributed by atoms with van der Waals surface area (Å²) in [5, 5.41) is 3.35. The molecule has 1 N–H and O–H groups in total. The van der Waals surface area contributed by atoms with Gasteiger partial charge in [-0.25, -0.2) is 0 Å². The Labute approximate surface area is 120 Å². The number of benzene rings is 2. The van der Waals surface area contributed by atoms with Crippen LogP contribution >= 0.6 is 0 Å². The minimum absolute atomic E-state index is 0.0925. The molecule has 0 saturated carbocycles. The predicted octanol–water partition coefficient (Wildman–Crippen LogP) is 4.62. The highest BCUT2D eigenvalue weighted by Crippen LogP contribution is 2.16. The standard InChI is InChI=1S/C18H21NO/c1-13(2)16-9-7-15(8-10-16)12-19-18-6-4-5-17(11-18)14(3)20/h4-11,13,19H,12H2,1-3H3. The molecule has 0 aromatic heterocycles. The number of Topliss-reactive ketones (excluding diaryl/α,β-unsaturated/α-hetero) is 1. The number of hydrogen-bond donors (Lipinski definition) is 1. The van der Waals surface area contributed by atoms with Gasteiger partial charge < -0.3 is 5.32 Å². The molecule has 0 unspecified atom stereocenters. The Hall–Kier alpha value is -2.09. The van der Waals surface area contributed by atoms with Crippen LogP contribution in [-0.2, 0) is 6.54 Å². The van der Waals surface area contributed by atoms with E-state index in [1.807, 2.05) is 24.3 Å². The molecule has 0 bridgehead atoms. The maximum absolute atomic E-state index is 11.3. The summed E-state index contributed by atoms with van der Waals surface area (Å²) in [7, 11) is 0. The van der Waals surface area contributed by atoms with Crippen molar-refractivity contribution in [2.24, 2.45) is 0 Å². The Morgan fingerprint density at radius 1 is 1.10 bits per heavy atom. The van der Waals surface area contributed by atoms with E-state index in [1.54, 1.807) is 6.92 Å². The van der Waals surface area contributed by atoms with Gasteiger partial charge in [0, 0.05) is 17.8 Å². The molecule has 20 heavy (non-hydrogen) atoms. The summed E-state index contributed by atoms with van der Waals surface area (Å²) in [6.45, 7) is 6.74. The lowest BCUT2D eigenvalue weighted by molar-refractivity contribution is 0.101. The number of hydrogen-bond acceptors (Lipinski definition) is 2. The Kier molecular flexibility index (Phi) is 4.57. The summed E-state index contributed by atoms with van der Waals surface area (Å²) in [4.78, 5) is 11.3. The zero-order valence-electron chi connectivity index (χ0n) is 12.3. The molecule has 2 aromatic carbocycles. The Bertz CT molecular complexity index is 585. The zero-order valence-corrected chi connectivity index (χ0v) is 12.3. The quantitative estimate of drug-likeness (QED) is 0.800. The van der Waals surface area contributed by atoms with E-state index < -0.39 is 0 Å². The lowest BCUT2D eigenvalue weighted by Crippen LogP contribution is -2.01. The van der Waals surface area contributed by atoms with Crippen LogP contribution in [0.3, 0.4) is 0 Å². The fourth-order valence-electron chi connectivity index (χ4n) is 2.07. The summed E-state index contributed by atoms with van der Waals surface area (Å²) in [6.07, 6.45) is 0. The van der Waals surface area contributed by atoms with Crippen molar-refractivity contribution >= 4 is 11.5 Å². The number of anilines is 1. The second kappa shape index (κ2) is 6.38. The van der Waals surface area contributed by atoms with Crippen LogP contribution in [0.2, 0.25) is 0 Å². The number of carbonyl (C=O) groups excluding carboxylic acids is 1. The van der Waals surface area contributed by atoms with Crippen molar-refractivity contribution in [3.8, 4) is 0 Å². The van der Waals surface area contributed by atoms with Crippen LogP contribution in [-0.4, -0.2) is 5.78 Å². The lowest BCUT2D eigenvalue weighted by atomic mass is 10.0. The maximum Gasteiger partial charge on any atom is 0.159 e. The zero-order chi connectivity index (χ0) is 14.5. The van der Waals surface area contributed by atoms with Crippen molar-refractivity contribution in [1.82, 2.24) is 0 Å². The summed E-state index contributed by atoms with van der Waals surface area (Å²) >= 11 is 0. The van der Waals surface area contributed by atoms with Crippen molar-refractivity contribution in [3.05, 3.63) is 65.2 Å². The van der Waals surface area contributed by atoms with Gasteiger partial charge in [0.2, 0.25) is 0 Å². The maximum atomic E-state index is 11.3. The normalized spacial score (nSPS) is 10.6. The molecular weight excluding hydrogens is 246 g/mol. The van der Waals surface area contributed by atoms with Crippen molar-refractivity contribution in [3.63, 3.8) is 0 Å². The summed E-state index contributed by atoms with van der Waals surface area (Å²) in [6, 6.07) is 16.3. The molecule has 2 nitrogen and oxygen atoms in total.